The van der Waals surface area contributed by atoms with E-state index in [0.717, 1.165) is 12.2 Å². The van der Waals surface area contributed by atoms with Crippen molar-refractivity contribution in [1.29, 1.82) is 0 Å². The van der Waals surface area contributed by atoms with Crippen LogP contribution in [0.5, 0.6) is 5.75 Å². The molecule has 1 fully saturated rings. The summed E-state index contributed by atoms with van der Waals surface area (Å²) in [5.74, 6) is -0.0815. The third-order valence-electron chi connectivity index (χ3n) is 3.52. The lowest BCUT2D eigenvalue weighted by Crippen LogP contribution is -2.23. The summed E-state index contributed by atoms with van der Waals surface area (Å²) in [6.07, 6.45) is 0.486. The van der Waals surface area contributed by atoms with Crippen LogP contribution in [-0.2, 0) is 14.9 Å². The van der Waals surface area contributed by atoms with Crippen molar-refractivity contribution in [3.05, 3.63) is 29.8 Å². The fourth-order valence-electron chi connectivity index (χ4n) is 2.25. The number of ether oxygens (including phenoxy) is 2. The topological polar surface area (TPSA) is 55.8 Å². The molecule has 0 amide bonds. The Balaban J connectivity index is 1.90. The summed E-state index contributed by atoms with van der Waals surface area (Å²) in [4.78, 5) is 10.8. The fourth-order valence-corrected chi connectivity index (χ4v) is 2.25. The molecule has 1 aromatic rings. The average molecular weight is 278 g/mol. The van der Waals surface area contributed by atoms with E-state index in [2.05, 4.69) is 26.8 Å². The number of hydrogen-bond acceptors (Lipinski definition) is 3. The Morgan fingerprint density at radius 3 is 2.75 bits per heavy atom. The van der Waals surface area contributed by atoms with Crippen molar-refractivity contribution < 1.29 is 19.4 Å². The van der Waals surface area contributed by atoms with Gasteiger partial charge in [0.05, 0.1) is 6.10 Å². The predicted octanol–water partition coefficient (Wildman–Crippen LogP) is 3.00. The molecule has 2 rings (SSSR count). The number of aliphatic carboxylic acids is 1. The summed E-state index contributed by atoms with van der Waals surface area (Å²) in [6, 6.07) is 8.01. The molecule has 2 unspecified atom stereocenters. The van der Waals surface area contributed by atoms with Crippen molar-refractivity contribution in [3.8, 4) is 5.75 Å². The van der Waals surface area contributed by atoms with Crippen LogP contribution in [0.15, 0.2) is 24.3 Å². The fraction of sp³-hybridized carbons (Fsp3) is 0.562. The Kier molecular flexibility index (Phi) is 4.33. The first kappa shape index (κ1) is 14.9. The molecular formula is C16H22O4. The van der Waals surface area contributed by atoms with E-state index in [1.807, 2.05) is 18.2 Å². The van der Waals surface area contributed by atoms with E-state index in [9.17, 15) is 4.79 Å². The van der Waals surface area contributed by atoms with E-state index >= 15 is 0 Å². The van der Waals surface area contributed by atoms with Gasteiger partial charge in [0.1, 0.15) is 12.4 Å². The normalized spacial score (nSPS) is 22.8. The molecule has 0 aromatic heterocycles. The molecule has 4 heteroatoms. The Bertz CT molecular complexity index is 476. The smallest absolute Gasteiger partial charge is 0.332 e. The van der Waals surface area contributed by atoms with Crippen molar-refractivity contribution in [3.63, 3.8) is 0 Å². The van der Waals surface area contributed by atoms with Gasteiger partial charge in [0.15, 0.2) is 6.10 Å². The van der Waals surface area contributed by atoms with Crippen LogP contribution in [0.25, 0.3) is 0 Å². The second-order valence-electron chi connectivity index (χ2n) is 6.25. The SMILES string of the molecule is CC(C)(C)c1cccc(OCC2CCC(C(=O)O)O2)c1. The van der Waals surface area contributed by atoms with Crippen molar-refractivity contribution >= 4 is 5.97 Å². The highest BCUT2D eigenvalue weighted by Gasteiger charge is 2.30. The van der Waals surface area contributed by atoms with Gasteiger partial charge in [0.25, 0.3) is 0 Å². The standard InChI is InChI=1S/C16H22O4/c1-16(2,3)11-5-4-6-12(9-11)19-10-13-7-8-14(20-13)15(17)18/h4-6,9,13-14H,7-8,10H2,1-3H3,(H,17,18). The summed E-state index contributed by atoms with van der Waals surface area (Å²) in [7, 11) is 0. The van der Waals surface area contributed by atoms with Crippen LogP contribution in [0, 0.1) is 0 Å². The van der Waals surface area contributed by atoms with Crippen LogP contribution < -0.4 is 4.74 Å². The largest absolute Gasteiger partial charge is 0.491 e. The Hall–Kier alpha value is -1.55. The number of hydrogen-bond donors (Lipinski definition) is 1. The van der Waals surface area contributed by atoms with Crippen molar-refractivity contribution in [2.45, 2.75) is 51.2 Å². The summed E-state index contributed by atoms with van der Waals surface area (Å²) in [6.45, 7) is 6.87. The quantitative estimate of drug-likeness (QED) is 0.920. The Morgan fingerprint density at radius 1 is 1.40 bits per heavy atom. The van der Waals surface area contributed by atoms with Crippen LogP contribution in [-0.4, -0.2) is 29.9 Å². The number of carboxylic acid groups (broad SMARTS) is 1. The van der Waals surface area contributed by atoms with Gasteiger partial charge in [0.2, 0.25) is 0 Å². The summed E-state index contributed by atoms with van der Waals surface area (Å²) >= 11 is 0. The minimum Gasteiger partial charge on any atom is -0.491 e. The predicted molar refractivity (Wildman–Crippen MR) is 76.2 cm³/mol. The van der Waals surface area contributed by atoms with Gasteiger partial charge in [0, 0.05) is 0 Å². The van der Waals surface area contributed by atoms with Gasteiger partial charge in [-0.2, -0.15) is 0 Å². The molecule has 1 aliphatic heterocycles. The average Bonchev–Trinajstić information content (AvgIpc) is 2.85. The van der Waals surface area contributed by atoms with Crippen LogP contribution in [0.3, 0.4) is 0 Å². The summed E-state index contributed by atoms with van der Waals surface area (Å²) in [5.41, 5.74) is 1.29. The van der Waals surface area contributed by atoms with Gasteiger partial charge in [-0.1, -0.05) is 32.9 Å². The summed E-state index contributed by atoms with van der Waals surface area (Å²) < 4.78 is 11.2. The van der Waals surface area contributed by atoms with Gasteiger partial charge in [-0.05, 0) is 36.0 Å². The lowest BCUT2D eigenvalue weighted by Gasteiger charge is -2.20. The Morgan fingerprint density at radius 2 is 2.15 bits per heavy atom. The number of rotatable bonds is 4. The van der Waals surface area contributed by atoms with E-state index in [-0.39, 0.29) is 11.5 Å². The Labute approximate surface area is 119 Å². The minimum absolute atomic E-state index is 0.0810. The van der Waals surface area contributed by atoms with E-state index in [0.29, 0.717) is 13.0 Å². The number of carboxylic acids is 1. The molecule has 20 heavy (non-hydrogen) atoms. The number of benzene rings is 1. The molecule has 1 aromatic carbocycles. The first-order chi connectivity index (χ1) is 9.36. The zero-order valence-corrected chi connectivity index (χ0v) is 12.3. The molecule has 1 aliphatic rings. The molecular weight excluding hydrogens is 256 g/mol. The highest BCUT2D eigenvalue weighted by molar-refractivity contribution is 5.72. The van der Waals surface area contributed by atoms with Gasteiger partial charge >= 0.3 is 5.97 Å². The molecule has 0 saturated carbocycles. The first-order valence-electron chi connectivity index (χ1n) is 6.98. The molecule has 0 radical (unpaired) electrons. The molecule has 1 N–H and O–H groups in total. The second-order valence-corrected chi connectivity index (χ2v) is 6.25. The van der Waals surface area contributed by atoms with E-state index in [1.54, 1.807) is 0 Å². The molecule has 2 atom stereocenters. The minimum atomic E-state index is -0.887. The van der Waals surface area contributed by atoms with Crippen LogP contribution in [0.4, 0.5) is 0 Å². The molecule has 110 valence electrons. The van der Waals surface area contributed by atoms with Gasteiger partial charge < -0.3 is 14.6 Å². The molecule has 0 spiro atoms. The maximum Gasteiger partial charge on any atom is 0.332 e. The molecule has 0 aliphatic carbocycles. The highest BCUT2D eigenvalue weighted by atomic mass is 16.6. The van der Waals surface area contributed by atoms with E-state index in [1.165, 1.54) is 5.56 Å². The maximum atomic E-state index is 10.8. The third-order valence-corrected chi connectivity index (χ3v) is 3.52. The monoisotopic (exact) mass is 278 g/mol. The molecule has 4 nitrogen and oxygen atoms in total. The van der Waals surface area contributed by atoms with Gasteiger partial charge in [-0.25, -0.2) is 4.79 Å². The van der Waals surface area contributed by atoms with Crippen LogP contribution in [0.2, 0.25) is 0 Å². The zero-order valence-electron chi connectivity index (χ0n) is 12.3. The van der Waals surface area contributed by atoms with Gasteiger partial charge in [-0.15, -0.1) is 0 Å². The van der Waals surface area contributed by atoms with Gasteiger partial charge in [-0.3, -0.25) is 0 Å². The maximum absolute atomic E-state index is 10.8. The van der Waals surface area contributed by atoms with Crippen LogP contribution >= 0.6 is 0 Å². The highest BCUT2D eigenvalue weighted by Crippen LogP contribution is 2.26. The van der Waals surface area contributed by atoms with Crippen molar-refractivity contribution in [2.24, 2.45) is 0 Å². The van der Waals surface area contributed by atoms with E-state index < -0.39 is 12.1 Å². The first-order valence-corrected chi connectivity index (χ1v) is 6.98. The zero-order chi connectivity index (χ0) is 14.8. The lowest BCUT2D eigenvalue weighted by molar-refractivity contribution is -0.149. The van der Waals surface area contributed by atoms with Crippen molar-refractivity contribution in [2.75, 3.05) is 6.61 Å². The molecule has 1 heterocycles. The summed E-state index contributed by atoms with van der Waals surface area (Å²) in [5, 5.41) is 8.88. The molecule has 1 saturated heterocycles. The van der Waals surface area contributed by atoms with Crippen LogP contribution in [0.1, 0.15) is 39.2 Å². The molecule has 0 bridgehead atoms. The second kappa shape index (κ2) is 5.83. The van der Waals surface area contributed by atoms with Crippen molar-refractivity contribution in [1.82, 2.24) is 0 Å². The lowest BCUT2D eigenvalue weighted by atomic mass is 9.87. The third kappa shape index (κ3) is 3.73. The number of carbonyl (C=O) groups is 1. The van der Waals surface area contributed by atoms with E-state index in [4.69, 9.17) is 14.6 Å².